The summed E-state index contributed by atoms with van der Waals surface area (Å²) in [5.74, 6) is 0. The van der Waals surface area contributed by atoms with Crippen molar-refractivity contribution in [3.05, 3.63) is 42.0 Å². The zero-order chi connectivity index (χ0) is 15.0. The van der Waals surface area contributed by atoms with Gasteiger partial charge in [0.15, 0.2) is 0 Å². The normalized spacial score (nSPS) is 30.8. The molecule has 0 heterocycles. The molecular formula is C15H14F4O. The summed E-state index contributed by atoms with van der Waals surface area (Å²) in [6.45, 7) is 1.07. The molecule has 0 saturated carbocycles. The summed E-state index contributed by atoms with van der Waals surface area (Å²) in [5.41, 5.74) is -4.10. The highest BCUT2D eigenvalue weighted by atomic mass is 19.4. The molecule has 0 spiro atoms. The van der Waals surface area contributed by atoms with Crippen molar-refractivity contribution in [2.75, 3.05) is 0 Å². The van der Waals surface area contributed by atoms with Gasteiger partial charge in [-0.1, -0.05) is 30.3 Å². The Morgan fingerprint density at radius 1 is 1.20 bits per heavy atom. The molecule has 0 bridgehead atoms. The summed E-state index contributed by atoms with van der Waals surface area (Å²) in [6.07, 6.45) is -5.13. The Bertz CT molecular complexity index is 531. The summed E-state index contributed by atoms with van der Waals surface area (Å²) in [6, 6.07) is 8.27. The van der Waals surface area contributed by atoms with Crippen LogP contribution in [0.25, 0.3) is 5.57 Å². The molecule has 5 heteroatoms. The smallest absolute Gasteiger partial charge is 0.302 e. The molecule has 0 radical (unpaired) electrons. The van der Waals surface area contributed by atoms with Gasteiger partial charge in [0.05, 0.1) is 0 Å². The lowest BCUT2D eigenvalue weighted by molar-refractivity contribution is -0.221. The first kappa shape index (κ1) is 14.8. The first-order chi connectivity index (χ1) is 9.19. The molecule has 1 aliphatic rings. The van der Waals surface area contributed by atoms with E-state index in [0.29, 0.717) is 5.56 Å². The number of halogens is 4. The van der Waals surface area contributed by atoms with Crippen LogP contribution in [0.4, 0.5) is 17.6 Å². The highest BCUT2D eigenvalue weighted by Crippen LogP contribution is 2.52. The summed E-state index contributed by atoms with van der Waals surface area (Å²) in [4.78, 5) is 11.1. The van der Waals surface area contributed by atoms with E-state index in [1.165, 1.54) is 6.08 Å². The number of hydrogen-bond donors (Lipinski definition) is 0. The molecule has 1 nitrogen and oxygen atoms in total. The van der Waals surface area contributed by atoms with Gasteiger partial charge in [-0.25, -0.2) is 4.39 Å². The van der Waals surface area contributed by atoms with Gasteiger partial charge in [-0.05, 0) is 30.6 Å². The summed E-state index contributed by atoms with van der Waals surface area (Å²) in [7, 11) is 0. The van der Waals surface area contributed by atoms with E-state index in [-0.39, 0.29) is 11.9 Å². The molecule has 0 fully saturated rings. The third kappa shape index (κ3) is 2.62. The molecule has 20 heavy (non-hydrogen) atoms. The third-order valence-corrected chi connectivity index (χ3v) is 3.58. The standard InChI is InChI=1S/C15H14F4O/c1-13(16)7-12(11-5-3-2-4-6-11)8-14(9-13,10-20)15(17,18)19/h2-7,10H,8-9H2,1H3. The second kappa shape index (κ2) is 4.72. The van der Waals surface area contributed by atoms with Crippen molar-refractivity contribution >= 4 is 11.9 Å². The first-order valence-electron chi connectivity index (χ1n) is 6.18. The first-order valence-corrected chi connectivity index (χ1v) is 6.18. The predicted octanol–water partition coefficient (Wildman–Crippen LogP) is 4.34. The molecule has 1 aromatic carbocycles. The maximum Gasteiger partial charge on any atom is 0.401 e. The molecule has 0 aliphatic heterocycles. The van der Waals surface area contributed by atoms with Crippen LogP contribution in [0.3, 0.4) is 0 Å². The number of alkyl halides is 4. The molecule has 0 aromatic heterocycles. The van der Waals surface area contributed by atoms with Crippen molar-refractivity contribution in [1.82, 2.24) is 0 Å². The van der Waals surface area contributed by atoms with Gasteiger partial charge in [0.25, 0.3) is 0 Å². The Kier molecular flexibility index (Phi) is 3.48. The van der Waals surface area contributed by atoms with Crippen LogP contribution < -0.4 is 0 Å². The molecule has 108 valence electrons. The van der Waals surface area contributed by atoms with Gasteiger partial charge in [-0.2, -0.15) is 13.2 Å². The maximum atomic E-state index is 14.3. The van der Waals surface area contributed by atoms with Crippen molar-refractivity contribution < 1.29 is 22.4 Å². The molecule has 2 atom stereocenters. The summed E-state index contributed by atoms with van der Waals surface area (Å²) < 4.78 is 53.9. The number of benzene rings is 1. The van der Waals surface area contributed by atoms with Crippen LogP contribution in [0.5, 0.6) is 0 Å². The lowest BCUT2D eigenvalue weighted by atomic mass is 9.68. The van der Waals surface area contributed by atoms with E-state index in [4.69, 9.17) is 0 Å². The van der Waals surface area contributed by atoms with E-state index in [1.54, 1.807) is 30.3 Å². The number of carbonyl (C=O) groups is 1. The van der Waals surface area contributed by atoms with Crippen LogP contribution in [0, 0.1) is 5.41 Å². The van der Waals surface area contributed by atoms with E-state index in [1.807, 2.05) is 0 Å². The molecule has 0 saturated heterocycles. The molecule has 0 N–H and O–H groups in total. The fourth-order valence-electron chi connectivity index (χ4n) is 2.67. The van der Waals surface area contributed by atoms with Gasteiger partial charge < -0.3 is 4.79 Å². The SMILES string of the molecule is CC1(F)C=C(c2ccccc2)CC(C=O)(C(F)(F)F)C1. The Morgan fingerprint density at radius 3 is 2.30 bits per heavy atom. The Hall–Kier alpha value is -1.65. The minimum atomic E-state index is -4.77. The molecule has 2 unspecified atom stereocenters. The largest absolute Gasteiger partial charge is 0.401 e. The number of rotatable bonds is 2. The third-order valence-electron chi connectivity index (χ3n) is 3.58. The second-order valence-corrected chi connectivity index (χ2v) is 5.44. The van der Waals surface area contributed by atoms with Gasteiger partial charge in [0, 0.05) is 6.42 Å². The number of hydrogen-bond acceptors (Lipinski definition) is 1. The van der Waals surface area contributed by atoms with Crippen LogP contribution in [0.1, 0.15) is 25.3 Å². The van der Waals surface area contributed by atoms with Crippen molar-refractivity contribution in [1.29, 1.82) is 0 Å². The van der Waals surface area contributed by atoms with Crippen LogP contribution in [-0.4, -0.2) is 18.1 Å². The van der Waals surface area contributed by atoms with Gasteiger partial charge in [-0.15, -0.1) is 0 Å². The molecule has 1 aliphatic carbocycles. The minimum Gasteiger partial charge on any atom is -0.302 e. The molecule has 0 amide bonds. The molecule has 2 rings (SSSR count). The minimum absolute atomic E-state index is 0.152. The average Bonchev–Trinajstić information content (AvgIpc) is 2.36. The van der Waals surface area contributed by atoms with Crippen LogP contribution in [-0.2, 0) is 4.79 Å². The summed E-state index contributed by atoms with van der Waals surface area (Å²) in [5, 5.41) is 0. The van der Waals surface area contributed by atoms with E-state index < -0.39 is 30.1 Å². The second-order valence-electron chi connectivity index (χ2n) is 5.44. The Morgan fingerprint density at radius 2 is 1.80 bits per heavy atom. The van der Waals surface area contributed by atoms with Gasteiger partial charge >= 0.3 is 6.18 Å². The predicted molar refractivity (Wildman–Crippen MR) is 67.7 cm³/mol. The molecular weight excluding hydrogens is 272 g/mol. The number of carbonyl (C=O) groups excluding carboxylic acids is 1. The van der Waals surface area contributed by atoms with Gasteiger partial charge in [-0.3, -0.25) is 0 Å². The van der Waals surface area contributed by atoms with Crippen molar-refractivity contribution in [3.8, 4) is 0 Å². The lowest BCUT2D eigenvalue weighted by Crippen LogP contribution is -2.46. The monoisotopic (exact) mass is 286 g/mol. The van der Waals surface area contributed by atoms with Crippen LogP contribution >= 0.6 is 0 Å². The fourth-order valence-corrected chi connectivity index (χ4v) is 2.67. The van der Waals surface area contributed by atoms with Crippen LogP contribution in [0.15, 0.2) is 36.4 Å². The van der Waals surface area contributed by atoms with Gasteiger partial charge in [0.1, 0.15) is 17.4 Å². The Labute approximate surface area is 114 Å². The highest BCUT2D eigenvalue weighted by Gasteiger charge is 2.59. The van der Waals surface area contributed by atoms with E-state index in [9.17, 15) is 22.4 Å². The fraction of sp³-hybridized carbons (Fsp3) is 0.400. The average molecular weight is 286 g/mol. The van der Waals surface area contributed by atoms with Gasteiger partial charge in [0.2, 0.25) is 0 Å². The number of aldehydes is 1. The van der Waals surface area contributed by atoms with E-state index >= 15 is 0 Å². The van der Waals surface area contributed by atoms with Crippen molar-refractivity contribution in [2.24, 2.45) is 5.41 Å². The highest BCUT2D eigenvalue weighted by molar-refractivity contribution is 5.75. The number of allylic oxidation sites excluding steroid dienone is 2. The Balaban J connectivity index is 2.50. The maximum absolute atomic E-state index is 14.3. The van der Waals surface area contributed by atoms with Crippen molar-refractivity contribution in [2.45, 2.75) is 31.6 Å². The van der Waals surface area contributed by atoms with E-state index in [2.05, 4.69) is 0 Å². The quantitative estimate of drug-likeness (QED) is 0.584. The zero-order valence-corrected chi connectivity index (χ0v) is 10.9. The van der Waals surface area contributed by atoms with Crippen molar-refractivity contribution in [3.63, 3.8) is 0 Å². The topological polar surface area (TPSA) is 17.1 Å². The summed E-state index contributed by atoms with van der Waals surface area (Å²) >= 11 is 0. The zero-order valence-electron chi connectivity index (χ0n) is 10.9. The van der Waals surface area contributed by atoms with Crippen LogP contribution in [0.2, 0.25) is 0 Å². The van der Waals surface area contributed by atoms with E-state index in [0.717, 1.165) is 6.92 Å². The lowest BCUT2D eigenvalue weighted by Gasteiger charge is -2.39. The molecule has 1 aromatic rings.